The number of furan rings is 2. The number of likely N-dealkylation sites (tertiary alicyclic amines) is 1. The number of piperidine rings is 2. The standard InChI is InChI=1S/C21H20BrClN2O3.C20H16BrF3N2O4/c22-20-16-11-19(21(26)27)28-18(16)5-4-17(20)24-15-6-8-25(9-7-15)12-13-2-1-3-14(23)10-13;21-18-13-9-16(19(27)28)30-15(13)3-2-14(18)26-7-5-12(6-8-26)29-17-4-1-11(10-25-17)20(22,23)24/h1-5,10-11,15,24H,6-9,12H2,(H,26,27);1-4,9-10,12H,5-8H2,(H,27,28). The van der Waals surface area contributed by atoms with Crippen molar-refractivity contribution in [2.75, 3.05) is 36.4 Å². The van der Waals surface area contributed by atoms with E-state index >= 15 is 0 Å². The van der Waals surface area contributed by atoms with Gasteiger partial charge in [-0.1, -0.05) is 23.7 Å². The Morgan fingerprint density at radius 1 is 0.845 bits per heavy atom. The average Bonchev–Trinajstić information content (AvgIpc) is 3.85. The van der Waals surface area contributed by atoms with Crippen LogP contribution < -0.4 is 15.0 Å². The molecule has 2 fully saturated rings. The summed E-state index contributed by atoms with van der Waals surface area (Å²) in [5.41, 5.74) is 3.34. The first-order chi connectivity index (χ1) is 27.7. The van der Waals surface area contributed by atoms with E-state index in [2.05, 4.69) is 58.0 Å². The molecule has 8 rings (SSSR count). The highest BCUT2D eigenvalue weighted by molar-refractivity contribution is 9.11. The third kappa shape index (κ3) is 9.73. The van der Waals surface area contributed by atoms with Crippen LogP contribution in [0.4, 0.5) is 24.5 Å². The van der Waals surface area contributed by atoms with E-state index in [0.717, 1.165) is 75.5 Å². The van der Waals surface area contributed by atoms with Gasteiger partial charge in [-0.3, -0.25) is 4.90 Å². The summed E-state index contributed by atoms with van der Waals surface area (Å²) in [5, 5.41) is 24.0. The molecule has 5 heterocycles. The molecule has 2 aliphatic heterocycles. The van der Waals surface area contributed by atoms with Gasteiger partial charge in [-0.15, -0.1) is 0 Å². The molecule has 0 unspecified atom stereocenters. The molecule has 3 aromatic heterocycles. The van der Waals surface area contributed by atoms with E-state index in [-0.39, 0.29) is 23.5 Å². The van der Waals surface area contributed by atoms with Crippen molar-refractivity contribution in [2.24, 2.45) is 0 Å². The van der Waals surface area contributed by atoms with E-state index < -0.39 is 23.7 Å². The van der Waals surface area contributed by atoms with Gasteiger partial charge < -0.3 is 34.0 Å². The topological polar surface area (TPSA) is 142 Å². The Morgan fingerprint density at radius 3 is 2.07 bits per heavy atom. The van der Waals surface area contributed by atoms with Crippen LogP contribution >= 0.6 is 43.5 Å². The Labute approximate surface area is 352 Å². The summed E-state index contributed by atoms with van der Waals surface area (Å²) < 4.78 is 55.9. The van der Waals surface area contributed by atoms with E-state index in [0.29, 0.717) is 48.5 Å². The molecule has 0 saturated carbocycles. The van der Waals surface area contributed by atoms with Crippen LogP contribution in [0.15, 0.2) is 96.8 Å². The van der Waals surface area contributed by atoms with E-state index in [4.69, 9.17) is 35.4 Å². The van der Waals surface area contributed by atoms with Crippen LogP contribution in [-0.4, -0.2) is 70.4 Å². The second-order valence-corrected chi connectivity index (χ2v) is 16.0. The molecule has 6 aromatic rings. The highest BCUT2D eigenvalue weighted by Crippen LogP contribution is 2.38. The monoisotopic (exact) mass is 946 g/mol. The van der Waals surface area contributed by atoms with Gasteiger partial charge in [-0.25, -0.2) is 14.6 Å². The van der Waals surface area contributed by atoms with E-state index in [1.807, 2.05) is 36.4 Å². The van der Waals surface area contributed by atoms with Crippen molar-refractivity contribution >= 4 is 88.7 Å². The number of ether oxygens (including phenoxy) is 1. The number of hydrogen-bond acceptors (Lipinski definition) is 9. The maximum atomic E-state index is 12.6. The SMILES string of the molecule is O=C(O)c1cc2c(Br)c(N3CCC(Oc4ccc(C(F)(F)F)cn4)CC3)ccc2o1.O=C(O)c1cc2c(Br)c(NC3CCN(Cc4cccc(Cl)c4)CC3)ccc2o1. The first kappa shape index (κ1) is 41.4. The third-order valence-electron chi connectivity index (χ3n) is 10.0. The van der Waals surface area contributed by atoms with Crippen molar-refractivity contribution in [2.45, 2.75) is 50.6 Å². The molecule has 0 atom stereocenters. The Hall–Kier alpha value is -4.77. The third-order valence-corrected chi connectivity index (χ3v) is 12.0. The largest absolute Gasteiger partial charge is 0.475 e. The first-order valence-corrected chi connectivity index (χ1v) is 20.3. The number of aromatic carboxylic acids is 2. The molecule has 304 valence electrons. The number of benzene rings is 3. The van der Waals surface area contributed by atoms with Crippen LogP contribution in [0.25, 0.3) is 21.9 Å². The number of nitrogens with one attached hydrogen (secondary N) is 1. The number of pyridine rings is 1. The van der Waals surface area contributed by atoms with E-state index in [1.54, 1.807) is 12.1 Å². The van der Waals surface area contributed by atoms with E-state index in [1.165, 1.54) is 17.7 Å². The molecular weight excluding hydrogens is 913 g/mol. The highest BCUT2D eigenvalue weighted by Gasteiger charge is 2.31. The zero-order valence-electron chi connectivity index (χ0n) is 30.6. The molecule has 0 aliphatic carbocycles. The summed E-state index contributed by atoms with van der Waals surface area (Å²) in [6.07, 6.45) is -0.398. The van der Waals surface area contributed by atoms with Crippen LogP contribution in [-0.2, 0) is 12.7 Å². The van der Waals surface area contributed by atoms with E-state index in [9.17, 15) is 22.8 Å². The fourth-order valence-electron chi connectivity index (χ4n) is 7.06. The molecule has 0 radical (unpaired) electrons. The normalized spacial score (nSPS) is 15.7. The van der Waals surface area contributed by atoms with Crippen molar-refractivity contribution < 1.29 is 46.5 Å². The predicted octanol–water partition coefficient (Wildman–Crippen LogP) is 11.0. The molecule has 11 nitrogen and oxygen atoms in total. The fourth-order valence-corrected chi connectivity index (χ4v) is 8.52. The molecule has 3 aromatic carbocycles. The molecular formula is C41H36Br2ClF3N4O7. The van der Waals surface area contributed by atoms with Gasteiger partial charge in [-0.05, 0) is 92.7 Å². The number of rotatable bonds is 9. The van der Waals surface area contributed by atoms with Crippen LogP contribution in [0.2, 0.25) is 5.02 Å². The van der Waals surface area contributed by atoms with Gasteiger partial charge in [0.1, 0.15) is 17.3 Å². The molecule has 0 bridgehead atoms. The number of nitrogens with zero attached hydrogens (tertiary/aromatic N) is 3. The number of fused-ring (bicyclic) bond motifs is 2. The minimum absolute atomic E-state index is 0.0535. The highest BCUT2D eigenvalue weighted by atomic mass is 79.9. The number of halogens is 6. The minimum atomic E-state index is -4.43. The van der Waals surface area contributed by atoms with Gasteiger partial charge in [0.15, 0.2) is 0 Å². The predicted molar refractivity (Wildman–Crippen MR) is 220 cm³/mol. The Morgan fingerprint density at radius 2 is 1.48 bits per heavy atom. The molecule has 0 spiro atoms. The Balaban J connectivity index is 0.000000177. The maximum absolute atomic E-state index is 12.6. The van der Waals surface area contributed by atoms with Crippen LogP contribution in [0.1, 0.15) is 57.9 Å². The summed E-state index contributed by atoms with van der Waals surface area (Å²) in [7, 11) is 0. The van der Waals surface area contributed by atoms with Gasteiger partial charge in [-0.2, -0.15) is 13.2 Å². The molecule has 2 aliphatic rings. The summed E-state index contributed by atoms with van der Waals surface area (Å²) in [6, 6.07) is 21.0. The zero-order chi connectivity index (χ0) is 41.1. The van der Waals surface area contributed by atoms with Crippen molar-refractivity contribution in [3.05, 3.63) is 116 Å². The second-order valence-electron chi connectivity index (χ2n) is 14.0. The summed E-state index contributed by atoms with van der Waals surface area (Å²) >= 11 is 13.2. The van der Waals surface area contributed by atoms with Gasteiger partial charge in [0.25, 0.3) is 0 Å². The number of carboxylic acid groups (broad SMARTS) is 2. The lowest BCUT2D eigenvalue weighted by Gasteiger charge is -2.34. The molecule has 58 heavy (non-hydrogen) atoms. The van der Waals surface area contributed by atoms with Crippen LogP contribution in [0, 0.1) is 0 Å². The lowest BCUT2D eigenvalue weighted by atomic mass is 10.0. The van der Waals surface area contributed by atoms with Gasteiger partial charge in [0.05, 0.1) is 20.2 Å². The number of alkyl halides is 3. The van der Waals surface area contributed by atoms with Crippen LogP contribution in [0.3, 0.4) is 0 Å². The fraction of sp³-hybridized carbons (Fsp3) is 0.293. The number of anilines is 2. The number of hydrogen-bond donors (Lipinski definition) is 3. The van der Waals surface area contributed by atoms with Crippen LogP contribution in [0.5, 0.6) is 5.88 Å². The number of carboxylic acids is 2. The molecule has 17 heteroatoms. The van der Waals surface area contributed by atoms with Crippen molar-refractivity contribution in [1.29, 1.82) is 0 Å². The van der Waals surface area contributed by atoms with Gasteiger partial charge >= 0.3 is 18.1 Å². The van der Waals surface area contributed by atoms with Crippen molar-refractivity contribution in [3.63, 3.8) is 0 Å². The smallest absolute Gasteiger partial charge is 0.417 e. The zero-order valence-corrected chi connectivity index (χ0v) is 34.5. The van der Waals surface area contributed by atoms with Crippen molar-refractivity contribution in [3.8, 4) is 5.88 Å². The summed E-state index contributed by atoms with van der Waals surface area (Å²) in [4.78, 5) is 30.6. The quantitative estimate of drug-likeness (QED) is 0.128. The molecule has 2 saturated heterocycles. The lowest BCUT2D eigenvalue weighted by Crippen LogP contribution is -2.38. The van der Waals surface area contributed by atoms with Crippen molar-refractivity contribution in [1.82, 2.24) is 9.88 Å². The Kier molecular flexibility index (Phi) is 12.6. The first-order valence-electron chi connectivity index (χ1n) is 18.3. The lowest BCUT2D eigenvalue weighted by molar-refractivity contribution is -0.137. The summed E-state index contributed by atoms with van der Waals surface area (Å²) in [5.74, 6) is -2.20. The number of aromatic nitrogens is 1. The summed E-state index contributed by atoms with van der Waals surface area (Å²) in [6.45, 7) is 4.27. The second kappa shape index (κ2) is 17.6. The number of carbonyl (C=O) groups is 2. The maximum Gasteiger partial charge on any atom is 0.417 e. The molecule has 0 amide bonds. The minimum Gasteiger partial charge on any atom is -0.475 e. The Bertz CT molecular complexity index is 2430. The van der Waals surface area contributed by atoms with Gasteiger partial charge in [0, 0.05) is 97.5 Å². The molecule has 3 N–H and O–H groups in total. The average molecular weight is 949 g/mol. The van der Waals surface area contributed by atoms with Gasteiger partial charge in [0.2, 0.25) is 17.4 Å².